The van der Waals surface area contributed by atoms with E-state index in [9.17, 15) is 0 Å². The van der Waals surface area contributed by atoms with E-state index in [4.69, 9.17) is 0 Å². The fourth-order valence-corrected chi connectivity index (χ4v) is 3.57. The fraction of sp³-hybridized carbons (Fsp3) is 1.00. The smallest absolute Gasteiger partial charge is 0.0309 e. The third-order valence-electron chi connectivity index (χ3n) is 4.96. The molecule has 0 aromatic rings. The zero-order chi connectivity index (χ0) is 11.8. The first-order valence-electron chi connectivity index (χ1n) is 7.03. The van der Waals surface area contributed by atoms with Crippen LogP contribution in [0.3, 0.4) is 0 Å². The number of hydrogen-bond acceptors (Lipinski definition) is 2. The Labute approximate surface area is 101 Å². The number of hydrogen-bond donors (Lipinski definition) is 1. The minimum absolute atomic E-state index is 0.363. The molecule has 2 heteroatoms. The van der Waals surface area contributed by atoms with Crippen molar-refractivity contribution in [2.45, 2.75) is 76.9 Å². The molecule has 1 heterocycles. The van der Waals surface area contributed by atoms with Crippen molar-refractivity contribution in [2.24, 2.45) is 0 Å². The minimum Gasteiger partial charge on any atom is -0.308 e. The molecule has 0 bridgehead atoms. The van der Waals surface area contributed by atoms with Crippen LogP contribution in [0.1, 0.15) is 59.8 Å². The van der Waals surface area contributed by atoms with Crippen LogP contribution in [0.2, 0.25) is 0 Å². The van der Waals surface area contributed by atoms with Crippen molar-refractivity contribution in [3.8, 4) is 0 Å². The topological polar surface area (TPSA) is 15.3 Å². The van der Waals surface area contributed by atoms with Crippen molar-refractivity contribution in [3.05, 3.63) is 0 Å². The lowest BCUT2D eigenvalue weighted by atomic mass is 9.84. The van der Waals surface area contributed by atoms with Gasteiger partial charge in [0.2, 0.25) is 0 Å². The van der Waals surface area contributed by atoms with Crippen molar-refractivity contribution in [3.63, 3.8) is 0 Å². The van der Waals surface area contributed by atoms with Crippen molar-refractivity contribution in [1.82, 2.24) is 10.2 Å². The van der Waals surface area contributed by atoms with Crippen molar-refractivity contribution < 1.29 is 0 Å². The summed E-state index contributed by atoms with van der Waals surface area (Å²) in [7, 11) is 0. The van der Waals surface area contributed by atoms with Crippen molar-refractivity contribution in [1.29, 1.82) is 0 Å². The first-order valence-corrected chi connectivity index (χ1v) is 7.03. The highest BCUT2D eigenvalue weighted by atomic mass is 15.3. The van der Waals surface area contributed by atoms with Crippen LogP contribution in [0.5, 0.6) is 0 Å². The molecule has 2 rings (SSSR count). The number of rotatable bonds is 2. The van der Waals surface area contributed by atoms with Crippen LogP contribution in [0.15, 0.2) is 0 Å². The Balaban J connectivity index is 2.14. The van der Waals surface area contributed by atoms with E-state index in [1.165, 1.54) is 45.2 Å². The fourth-order valence-electron chi connectivity index (χ4n) is 3.57. The first-order chi connectivity index (χ1) is 7.51. The zero-order valence-corrected chi connectivity index (χ0v) is 11.5. The van der Waals surface area contributed by atoms with Gasteiger partial charge in [0.1, 0.15) is 0 Å². The van der Waals surface area contributed by atoms with E-state index in [-0.39, 0.29) is 0 Å². The van der Waals surface area contributed by atoms with Crippen molar-refractivity contribution >= 4 is 0 Å². The molecule has 0 aromatic carbocycles. The molecule has 0 radical (unpaired) electrons. The van der Waals surface area contributed by atoms with Crippen LogP contribution in [0.4, 0.5) is 0 Å². The van der Waals surface area contributed by atoms with Gasteiger partial charge in [-0.05, 0) is 40.0 Å². The lowest BCUT2D eigenvalue weighted by Gasteiger charge is -2.54. The molecule has 1 saturated heterocycles. The van der Waals surface area contributed by atoms with Crippen molar-refractivity contribution in [2.75, 3.05) is 13.1 Å². The van der Waals surface area contributed by atoms with E-state index in [1.807, 2.05) is 0 Å². The minimum atomic E-state index is 0.363. The normalized spacial score (nSPS) is 35.1. The highest BCUT2D eigenvalue weighted by Crippen LogP contribution is 2.37. The molecule has 1 spiro atoms. The number of nitrogens with zero attached hydrogens (tertiary/aromatic N) is 1. The van der Waals surface area contributed by atoms with Gasteiger partial charge in [-0.25, -0.2) is 0 Å². The van der Waals surface area contributed by atoms with Gasteiger partial charge < -0.3 is 5.32 Å². The molecule has 1 saturated carbocycles. The lowest BCUT2D eigenvalue weighted by molar-refractivity contribution is -0.00850. The van der Waals surface area contributed by atoms with Gasteiger partial charge in [-0.3, -0.25) is 4.90 Å². The average Bonchev–Trinajstić information content (AvgIpc) is 2.71. The number of piperazine rings is 1. The molecular formula is C14H28N2. The second kappa shape index (κ2) is 4.30. The van der Waals surface area contributed by atoms with Crippen LogP contribution in [0, 0.1) is 0 Å². The summed E-state index contributed by atoms with van der Waals surface area (Å²) in [4.78, 5) is 2.74. The van der Waals surface area contributed by atoms with E-state index in [2.05, 4.69) is 37.9 Å². The predicted molar refractivity (Wildman–Crippen MR) is 69.7 cm³/mol. The molecule has 0 aromatic heterocycles. The molecule has 1 aliphatic carbocycles. The Morgan fingerprint density at radius 2 is 1.88 bits per heavy atom. The molecule has 16 heavy (non-hydrogen) atoms. The molecule has 94 valence electrons. The standard InChI is InChI=1S/C14H28N2/c1-5-13(4)10-15-14(8-6-7-9-14)11-16(13)12(2)3/h12,15H,5-11H2,1-4H3. The van der Waals surface area contributed by atoms with Crippen LogP contribution in [0.25, 0.3) is 0 Å². The van der Waals surface area contributed by atoms with Gasteiger partial charge in [-0.15, -0.1) is 0 Å². The molecule has 1 aliphatic heterocycles. The van der Waals surface area contributed by atoms with Crippen LogP contribution in [-0.4, -0.2) is 35.1 Å². The lowest BCUT2D eigenvalue weighted by Crippen LogP contribution is -2.69. The Morgan fingerprint density at radius 3 is 2.38 bits per heavy atom. The summed E-state index contributed by atoms with van der Waals surface area (Å²) in [6.07, 6.45) is 6.85. The molecule has 2 nitrogen and oxygen atoms in total. The Hall–Kier alpha value is -0.0800. The highest BCUT2D eigenvalue weighted by Gasteiger charge is 2.45. The predicted octanol–water partition coefficient (Wildman–Crippen LogP) is 2.78. The first kappa shape index (κ1) is 12.4. The molecule has 1 atom stereocenters. The molecular weight excluding hydrogens is 196 g/mol. The van der Waals surface area contributed by atoms with E-state index in [1.54, 1.807) is 0 Å². The molecule has 0 amide bonds. The van der Waals surface area contributed by atoms with Gasteiger partial charge in [-0.1, -0.05) is 19.8 Å². The summed E-state index contributed by atoms with van der Waals surface area (Å²) in [5, 5.41) is 3.88. The summed E-state index contributed by atoms with van der Waals surface area (Å²) < 4.78 is 0. The highest BCUT2D eigenvalue weighted by molar-refractivity contribution is 5.05. The molecule has 1 unspecified atom stereocenters. The SMILES string of the molecule is CCC1(C)CNC2(CCCC2)CN1C(C)C. The summed E-state index contributed by atoms with van der Waals surface area (Å²) >= 11 is 0. The summed E-state index contributed by atoms with van der Waals surface area (Å²) in [6, 6.07) is 0.671. The molecule has 2 fully saturated rings. The van der Waals surface area contributed by atoms with Gasteiger partial charge >= 0.3 is 0 Å². The largest absolute Gasteiger partial charge is 0.308 e. The Morgan fingerprint density at radius 1 is 1.25 bits per heavy atom. The maximum absolute atomic E-state index is 3.88. The van der Waals surface area contributed by atoms with Crippen LogP contribution >= 0.6 is 0 Å². The second-order valence-corrected chi connectivity index (χ2v) is 6.41. The summed E-state index contributed by atoms with van der Waals surface area (Å²) in [5.74, 6) is 0. The zero-order valence-electron chi connectivity index (χ0n) is 11.5. The van der Waals surface area contributed by atoms with Gasteiger partial charge in [0.05, 0.1) is 0 Å². The molecule has 1 N–H and O–H groups in total. The van der Waals surface area contributed by atoms with Crippen LogP contribution in [-0.2, 0) is 0 Å². The van der Waals surface area contributed by atoms with E-state index in [0.717, 1.165) is 0 Å². The van der Waals surface area contributed by atoms with Gasteiger partial charge in [0.25, 0.3) is 0 Å². The Kier molecular flexibility index (Phi) is 3.33. The third kappa shape index (κ3) is 2.02. The maximum atomic E-state index is 3.88. The van der Waals surface area contributed by atoms with Gasteiger partial charge in [-0.2, -0.15) is 0 Å². The average molecular weight is 224 g/mol. The van der Waals surface area contributed by atoms with E-state index in [0.29, 0.717) is 17.1 Å². The number of nitrogens with one attached hydrogen (secondary N) is 1. The van der Waals surface area contributed by atoms with Gasteiger partial charge in [0, 0.05) is 30.2 Å². The van der Waals surface area contributed by atoms with Gasteiger partial charge in [0.15, 0.2) is 0 Å². The summed E-state index contributed by atoms with van der Waals surface area (Å²) in [6.45, 7) is 11.9. The van der Waals surface area contributed by atoms with Crippen LogP contribution < -0.4 is 5.32 Å². The molecule has 2 aliphatic rings. The maximum Gasteiger partial charge on any atom is 0.0309 e. The van der Waals surface area contributed by atoms with E-state index < -0.39 is 0 Å². The van der Waals surface area contributed by atoms with E-state index >= 15 is 0 Å². The summed E-state index contributed by atoms with van der Waals surface area (Å²) in [5.41, 5.74) is 0.820. The third-order valence-corrected chi connectivity index (χ3v) is 4.96. The Bertz CT molecular complexity index is 243. The monoisotopic (exact) mass is 224 g/mol. The quantitative estimate of drug-likeness (QED) is 0.776. The second-order valence-electron chi connectivity index (χ2n) is 6.41.